The highest BCUT2D eigenvalue weighted by Gasteiger charge is 2.17. The Bertz CT molecular complexity index is 876. The first kappa shape index (κ1) is 19.3. The van der Waals surface area contributed by atoms with Gasteiger partial charge in [-0.1, -0.05) is 12.1 Å². The van der Waals surface area contributed by atoms with Crippen molar-refractivity contribution in [3.8, 4) is 0 Å². The van der Waals surface area contributed by atoms with Crippen LogP contribution in [0.15, 0.2) is 24.3 Å². The van der Waals surface area contributed by atoms with E-state index < -0.39 is 15.8 Å². The number of para-hydroxylation sites is 2. The van der Waals surface area contributed by atoms with Crippen LogP contribution in [0.1, 0.15) is 5.82 Å². The van der Waals surface area contributed by atoms with Gasteiger partial charge < -0.3 is 15.0 Å². The lowest BCUT2D eigenvalue weighted by Crippen LogP contribution is -2.30. The Kier molecular flexibility index (Phi) is 6.43. The third-order valence-corrected chi connectivity index (χ3v) is 4.95. The highest BCUT2D eigenvalue weighted by molar-refractivity contribution is 7.99. The van der Waals surface area contributed by atoms with E-state index in [0.717, 1.165) is 6.26 Å². The van der Waals surface area contributed by atoms with Crippen LogP contribution in [0.4, 0.5) is 0 Å². The molecule has 10 heteroatoms. The van der Waals surface area contributed by atoms with Crippen LogP contribution in [0.2, 0.25) is 0 Å². The Morgan fingerprint density at radius 3 is 2.72 bits per heavy atom. The molecule has 1 aromatic carbocycles. The van der Waals surface area contributed by atoms with E-state index in [9.17, 15) is 18.0 Å². The molecule has 8 nitrogen and oxygen atoms in total. The predicted octanol–water partition coefficient (Wildman–Crippen LogP) is 0.515. The summed E-state index contributed by atoms with van der Waals surface area (Å²) in [5.74, 6) is -0.636. The van der Waals surface area contributed by atoms with Crippen molar-refractivity contribution >= 4 is 44.5 Å². The third-order valence-electron chi connectivity index (χ3n) is 3.22. The molecule has 0 bridgehead atoms. The van der Waals surface area contributed by atoms with E-state index in [0.29, 0.717) is 29.2 Å². The first-order valence-electron chi connectivity index (χ1n) is 7.44. The fourth-order valence-corrected chi connectivity index (χ4v) is 3.52. The molecule has 0 aliphatic carbocycles. The van der Waals surface area contributed by atoms with Gasteiger partial charge >= 0.3 is 5.97 Å². The number of thioether (sulfide) groups is 1. The number of sulfone groups is 1. The molecule has 25 heavy (non-hydrogen) atoms. The van der Waals surface area contributed by atoms with Gasteiger partial charge in [0.25, 0.3) is 0 Å². The van der Waals surface area contributed by atoms with Crippen LogP contribution in [0.25, 0.3) is 11.0 Å². The van der Waals surface area contributed by atoms with Crippen molar-refractivity contribution in [2.75, 3.05) is 24.3 Å². The van der Waals surface area contributed by atoms with Gasteiger partial charge in [0, 0.05) is 18.6 Å². The number of carbonyl (C=O) groups is 2. The molecule has 0 fully saturated rings. The van der Waals surface area contributed by atoms with E-state index in [1.165, 1.54) is 11.8 Å². The standard InChI is InChI=1S/C15H19N3O5S2/c1-25(22,23)10-13-17-11-4-2-3-5-12(11)18(13)8-14(19)16-6-7-24-9-15(20)21/h2-5H,6-10H2,1H3,(H,16,19)(H,20,21). The fourth-order valence-electron chi connectivity index (χ4n) is 2.27. The molecule has 1 heterocycles. The second-order valence-corrected chi connectivity index (χ2v) is 8.71. The minimum atomic E-state index is -3.29. The van der Waals surface area contributed by atoms with Crippen LogP contribution in [0, 0.1) is 0 Å². The summed E-state index contributed by atoms with van der Waals surface area (Å²) in [6, 6.07) is 7.14. The Morgan fingerprint density at radius 1 is 1.32 bits per heavy atom. The molecule has 0 saturated heterocycles. The number of hydrogen-bond donors (Lipinski definition) is 2. The predicted molar refractivity (Wildman–Crippen MR) is 96.3 cm³/mol. The number of amides is 1. The second-order valence-electron chi connectivity index (χ2n) is 5.47. The molecule has 0 spiro atoms. The van der Waals surface area contributed by atoms with Gasteiger partial charge in [-0.3, -0.25) is 9.59 Å². The summed E-state index contributed by atoms with van der Waals surface area (Å²) in [5, 5.41) is 11.2. The van der Waals surface area contributed by atoms with Gasteiger partial charge in [0.2, 0.25) is 5.91 Å². The number of carboxylic acid groups (broad SMARTS) is 1. The molecular formula is C15H19N3O5S2. The fraction of sp³-hybridized carbons (Fsp3) is 0.400. The van der Waals surface area contributed by atoms with Crippen molar-refractivity contribution < 1.29 is 23.1 Å². The Balaban J connectivity index is 2.07. The molecule has 0 aliphatic rings. The highest BCUT2D eigenvalue weighted by Crippen LogP contribution is 2.17. The van der Waals surface area contributed by atoms with Gasteiger partial charge in [-0.15, -0.1) is 11.8 Å². The number of carboxylic acids is 1. The summed E-state index contributed by atoms with van der Waals surface area (Å²) in [5.41, 5.74) is 1.32. The quantitative estimate of drug-likeness (QED) is 0.604. The van der Waals surface area contributed by atoms with Crippen molar-refractivity contribution in [3.05, 3.63) is 30.1 Å². The maximum Gasteiger partial charge on any atom is 0.313 e. The van der Waals surface area contributed by atoms with E-state index in [4.69, 9.17) is 5.11 Å². The monoisotopic (exact) mass is 385 g/mol. The SMILES string of the molecule is CS(=O)(=O)Cc1nc2ccccc2n1CC(=O)NCCSCC(=O)O. The van der Waals surface area contributed by atoms with E-state index in [-0.39, 0.29) is 24.0 Å². The maximum atomic E-state index is 12.1. The normalized spacial score (nSPS) is 11.6. The molecule has 136 valence electrons. The van der Waals surface area contributed by atoms with E-state index in [2.05, 4.69) is 10.3 Å². The van der Waals surface area contributed by atoms with E-state index in [1.807, 2.05) is 0 Å². The number of rotatable bonds is 9. The zero-order chi connectivity index (χ0) is 18.4. The molecule has 1 aromatic heterocycles. The largest absolute Gasteiger partial charge is 0.481 e. The summed E-state index contributed by atoms with van der Waals surface area (Å²) < 4.78 is 24.8. The van der Waals surface area contributed by atoms with E-state index >= 15 is 0 Å². The summed E-state index contributed by atoms with van der Waals surface area (Å²) in [7, 11) is -3.29. The molecule has 0 saturated carbocycles. The molecule has 1 amide bonds. The van der Waals surface area contributed by atoms with Crippen molar-refractivity contribution in [2.24, 2.45) is 0 Å². The zero-order valence-electron chi connectivity index (χ0n) is 13.6. The van der Waals surface area contributed by atoms with Crippen molar-refractivity contribution in [1.29, 1.82) is 0 Å². The lowest BCUT2D eigenvalue weighted by molar-refractivity contribution is -0.133. The van der Waals surface area contributed by atoms with Crippen molar-refractivity contribution in [1.82, 2.24) is 14.9 Å². The zero-order valence-corrected chi connectivity index (χ0v) is 15.3. The number of aromatic nitrogens is 2. The first-order chi connectivity index (χ1) is 11.8. The molecule has 0 aliphatic heterocycles. The Labute approximate surface area is 149 Å². The molecular weight excluding hydrogens is 366 g/mol. The number of fused-ring (bicyclic) bond motifs is 1. The summed E-state index contributed by atoms with van der Waals surface area (Å²) in [6.45, 7) is 0.291. The van der Waals surface area contributed by atoms with Crippen molar-refractivity contribution in [3.63, 3.8) is 0 Å². The first-order valence-corrected chi connectivity index (χ1v) is 10.7. The number of aliphatic carboxylic acids is 1. The molecule has 0 radical (unpaired) electrons. The number of imidazole rings is 1. The average Bonchev–Trinajstić information content (AvgIpc) is 2.82. The van der Waals surface area contributed by atoms with Gasteiger partial charge in [-0.05, 0) is 12.1 Å². The highest BCUT2D eigenvalue weighted by atomic mass is 32.2. The molecule has 0 unspecified atom stereocenters. The van der Waals surface area contributed by atoms with Gasteiger partial charge in [0.1, 0.15) is 18.1 Å². The summed E-state index contributed by atoms with van der Waals surface area (Å²) in [4.78, 5) is 26.9. The van der Waals surface area contributed by atoms with Crippen LogP contribution in [-0.4, -0.2) is 59.3 Å². The van der Waals surface area contributed by atoms with Crippen LogP contribution in [-0.2, 0) is 31.7 Å². The number of carbonyl (C=O) groups excluding carboxylic acids is 1. The number of benzene rings is 1. The molecule has 2 rings (SSSR count). The van der Waals surface area contributed by atoms with Gasteiger partial charge in [0.15, 0.2) is 9.84 Å². The van der Waals surface area contributed by atoms with Gasteiger partial charge in [0.05, 0.1) is 16.8 Å². The summed E-state index contributed by atoms with van der Waals surface area (Å²) >= 11 is 1.21. The number of nitrogens with zero attached hydrogens (tertiary/aromatic N) is 2. The van der Waals surface area contributed by atoms with Crippen LogP contribution < -0.4 is 5.32 Å². The van der Waals surface area contributed by atoms with Gasteiger partial charge in [-0.2, -0.15) is 0 Å². The average molecular weight is 385 g/mol. The Morgan fingerprint density at radius 2 is 2.04 bits per heavy atom. The lowest BCUT2D eigenvalue weighted by Gasteiger charge is -2.09. The van der Waals surface area contributed by atoms with Crippen LogP contribution in [0.3, 0.4) is 0 Å². The topological polar surface area (TPSA) is 118 Å². The Hall–Kier alpha value is -2.07. The van der Waals surface area contributed by atoms with E-state index in [1.54, 1.807) is 28.8 Å². The third kappa shape index (κ3) is 6.05. The van der Waals surface area contributed by atoms with Crippen LogP contribution >= 0.6 is 11.8 Å². The number of nitrogens with one attached hydrogen (secondary N) is 1. The number of hydrogen-bond acceptors (Lipinski definition) is 6. The van der Waals surface area contributed by atoms with Crippen molar-refractivity contribution in [2.45, 2.75) is 12.3 Å². The maximum absolute atomic E-state index is 12.1. The molecule has 0 atom stereocenters. The minimum Gasteiger partial charge on any atom is -0.481 e. The molecule has 2 N–H and O–H groups in total. The van der Waals surface area contributed by atoms with Crippen LogP contribution in [0.5, 0.6) is 0 Å². The summed E-state index contributed by atoms with van der Waals surface area (Å²) in [6.07, 6.45) is 1.12. The smallest absolute Gasteiger partial charge is 0.313 e. The molecule has 2 aromatic rings. The lowest BCUT2D eigenvalue weighted by atomic mass is 10.3. The minimum absolute atomic E-state index is 0.0134. The second kappa shape index (κ2) is 8.34. The van der Waals surface area contributed by atoms with Gasteiger partial charge in [-0.25, -0.2) is 13.4 Å².